The van der Waals surface area contributed by atoms with E-state index in [-0.39, 0.29) is 18.5 Å². The highest BCUT2D eigenvalue weighted by molar-refractivity contribution is 6.01. The summed E-state index contributed by atoms with van der Waals surface area (Å²) in [7, 11) is 0. The van der Waals surface area contributed by atoms with Crippen LogP contribution in [0.1, 0.15) is 46.5 Å². The third-order valence-corrected chi connectivity index (χ3v) is 4.60. The number of imide groups is 1. The van der Waals surface area contributed by atoms with E-state index in [4.69, 9.17) is 0 Å². The Kier molecular flexibility index (Phi) is 4.68. The van der Waals surface area contributed by atoms with Crippen molar-refractivity contribution in [3.8, 4) is 0 Å². The van der Waals surface area contributed by atoms with E-state index in [0.29, 0.717) is 23.9 Å². The van der Waals surface area contributed by atoms with Crippen molar-refractivity contribution in [2.24, 2.45) is 11.3 Å². The van der Waals surface area contributed by atoms with Gasteiger partial charge >= 0.3 is 6.03 Å². The zero-order valence-corrected chi connectivity index (χ0v) is 12.9. The number of nitrogens with one attached hydrogen (secondary N) is 2. The van der Waals surface area contributed by atoms with Gasteiger partial charge in [0.05, 0.1) is 6.54 Å². The number of carbonyl (C=O) groups is 2. The van der Waals surface area contributed by atoms with Crippen molar-refractivity contribution < 1.29 is 9.59 Å². The fourth-order valence-corrected chi connectivity index (χ4v) is 3.46. The monoisotopic (exact) mass is 281 g/mol. The number of hydrogen-bond acceptors (Lipinski definition) is 3. The van der Waals surface area contributed by atoms with E-state index >= 15 is 0 Å². The highest BCUT2D eigenvalue weighted by atomic mass is 16.2. The van der Waals surface area contributed by atoms with Crippen LogP contribution < -0.4 is 10.6 Å². The molecule has 2 fully saturated rings. The van der Waals surface area contributed by atoms with Gasteiger partial charge in [-0.25, -0.2) is 4.79 Å². The lowest BCUT2D eigenvalue weighted by Crippen LogP contribution is -2.42. The molecule has 1 aliphatic heterocycles. The van der Waals surface area contributed by atoms with E-state index in [9.17, 15) is 9.59 Å². The highest BCUT2D eigenvalue weighted by Gasteiger charge is 2.32. The smallest absolute Gasteiger partial charge is 0.324 e. The molecule has 0 spiro atoms. The van der Waals surface area contributed by atoms with Crippen molar-refractivity contribution >= 4 is 11.9 Å². The Morgan fingerprint density at radius 1 is 1.40 bits per heavy atom. The summed E-state index contributed by atoms with van der Waals surface area (Å²) in [6, 6.07) is 0.328. The Morgan fingerprint density at radius 2 is 2.15 bits per heavy atom. The van der Waals surface area contributed by atoms with E-state index in [1.807, 2.05) is 0 Å². The summed E-state index contributed by atoms with van der Waals surface area (Å²) in [4.78, 5) is 24.1. The Hall–Kier alpha value is -1.10. The van der Waals surface area contributed by atoms with Gasteiger partial charge in [0.15, 0.2) is 0 Å². The van der Waals surface area contributed by atoms with Crippen LogP contribution in [0.25, 0.3) is 0 Å². The van der Waals surface area contributed by atoms with Crippen LogP contribution in [0, 0.1) is 11.3 Å². The molecule has 0 bridgehead atoms. The van der Waals surface area contributed by atoms with Crippen molar-refractivity contribution in [3.05, 3.63) is 0 Å². The topological polar surface area (TPSA) is 61.4 Å². The maximum atomic E-state index is 11.4. The molecule has 1 heterocycles. The van der Waals surface area contributed by atoms with Gasteiger partial charge in [-0.1, -0.05) is 20.8 Å². The van der Waals surface area contributed by atoms with E-state index in [1.165, 1.54) is 24.2 Å². The molecule has 0 radical (unpaired) electrons. The average Bonchev–Trinajstić information content (AvgIpc) is 2.67. The second-order valence-electron chi connectivity index (χ2n) is 7.00. The summed E-state index contributed by atoms with van der Waals surface area (Å²) < 4.78 is 0. The summed E-state index contributed by atoms with van der Waals surface area (Å²) in [5.41, 5.74) is 0.470. The minimum Gasteiger partial charge on any atom is -0.329 e. The maximum absolute atomic E-state index is 11.4. The number of amides is 3. The quantitative estimate of drug-likeness (QED) is 0.596. The molecule has 0 unspecified atom stereocenters. The Morgan fingerprint density at radius 3 is 2.75 bits per heavy atom. The minimum atomic E-state index is -0.247. The van der Waals surface area contributed by atoms with Crippen LogP contribution in [0.5, 0.6) is 0 Å². The van der Waals surface area contributed by atoms with E-state index in [1.54, 1.807) is 0 Å². The number of carbonyl (C=O) groups excluding carboxylic acids is 2. The van der Waals surface area contributed by atoms with Gasteiger partial charge < -0.3 is 10.6 Å². The predicted octanol–water partition coefficient (Wildman–Crippen LogP) is 1.73. The van der Waals surface area contributed by atoms with Crippen LogP contribution >= 0.6 is 0 Å². The summed E-state index contributed by atoms with van der Waals surface area (Å²) in [6.07, 6.45) is 4.57. The minimum absolute atomic E-state index is 0.109. The highest BCUT2D eigenvalue weighted by Crippen LogP contribution is 2.38. The lowest BCUT2D eigenvalue weighted by Gasteiger charge is -2.39. The summed E-state index contributed by atoms with van der Waals surface area (Å²) in [5, 5.41) is 6.14. The van der Waals surface area contributed by atoms with Gasteiger partial charge in [0.25, 0.3) is 0 Å². The van der Waals surface area contributed by atoms with Crippen LogP contribution in [0.15, 0.2) is 0 Å². The van der Waals surface area contributed by atoms with E-state index in [0.717, 1.165) is 13.0 Å². The van der Waals surface area contributed by atoms with E-state index in [2.05, 4.69) is 31.4 Å². The molecule has 3 amide bonds. The van der Waals surface area contributed by atoms with Gasteiger partial charge in [0.2, 0.25) is 5.91 Å². The molecule has 1 saturated heterocycles. The number of nitrogens with zero attached hydrogens (tertiary/aromatic N) is 1. The first kappa shape index (κ1) is 15.3. The predicted molar refractivity (Wildman–Crippen MR) is 78.3 cm³/mol. The number of urea groups is 1. The molecular formula is C15H27N3O2. The zero-order valence-electron chi connectivity index (χ0n) is 12.9. The normalized spacial score (nSPS) is 29.6. The third-order valence-electron chi connectivity index (χ3n) is 4.60. The fraction of sp³-hybridized carbons (Fsp3) is 0.867. The van der Waals surface area contributed by atoms with Crippen LogP contribution in [0.2, 0.25) is 0 Å². The lowest BCUT2D eigenvalue weighted by molar-refractivity contribution is -0.125. The molecule has 5 heteroatoms. The molecule has 5 nitrogen and oxygen atoms in total. The van der Waals surface area contributed by atoms with Gasteiger partial charge in [0.1, 0.15) is 0 Å². The molecular weight excluding hydrogens is 254 g/mol. The van der Waals surface area contributed by atoms with Crippen LogP contribution in [0.4, 0.5) is 4.79 Å². The second-order valence-corrected chi connectivity index (χ2v) is 7.00. The zero-order chi connectivity index (χ0) is 14.8. The average molecular weight is 281 g/mol. The summed E-state index contributed by atoms with van der Waals surface area (Å²) in [5.74, 6) is 0.582. The largest absolute Gasteiger partial charge is 0.329 e. The van der Waals surface area contributed by atoms with Crippen molar-refractivity contribution in [1.29, 1.82) is 0 Å². The van der Waals surface area contributed by atoms with Crippen molar-refractivity contribution in [2.75, 3.05) is 19.6 Å². The van der Waals surface area contributed by atoms with E-state index < -0.39 is 0 Å². The molecule has 2 N–H and O–H groups in total. The number of hydrogen-bond donors (Lipinski definition) is 2. The third kappa shape index (κ3) is 3.72. The first-order chi connectivity index (χ1) is 9.39. The van der Waals surface area contributed by atoms with Crippen molar-refractivity contribution in [1.82, 2.24) is 15.5 Å². The van der Waals surface area contributed by atoms with Gasteiger partial charge in [-0.05, 0) is 43.6 Å². The van der Waals surface area contributed by atoms with Crippen molar-refractivity contribution in [3.63, 3.8) is 0 Å². The maximum Gasteiger partial charge on any atom is 0.324 e. The van der Waals surface area contributed by atoms with Crippen LogP contribution in [0.3, 0.4) is 0 Å². The standard InChI is InChI=1S/C15H27N3O2/c1-11-9-15(2,3)6-5-12(11)16-7-4-8-18-13(19)10-17-14(18)20/h11-12,16H,4-10H2,1-3H3,(H,17,20)/t11-,12-/m1/s1. The molecule has 0 aromatic carbocycles. The molecule has 2 rings (SSSR count). The molecule has 20 heavy (non-hydrogen) atoms. The summed E-state index contributed by atoms with van der Waals surface area (Å²) >= 11 is 0. The Balaban J connectivity index is 1.66. The van der Waals surface area contributed by atoms with Gasteiger partial charge in [0, 0.05) is 12.6 Å². The van der Waals surface area contributed by atoms with Crippen LogP contribution in [-0.2, 0) is 4.79 Å². The van der Waals surface area contributed by atoms with Gasteiger partial charge in [-0.3, -0.25) is 9.69 Å². The first-order valence-electron chi connectivity index (χ1n) is 7.71. The molecule has 1 aliphatic carbocycles. The fourth-order valence-electron chi connectivity index (χ4n) is 3.46. The summed E-state index contributed by atoms with van der Waals surface area (Å²) in [6.45, 7) is 8.54. The SMILES string of the molecule is C[C@@H]1CC(C)(C)CC[C@H]1NCCCN1C(=O)CNC1=O. The van der Waals surface area contributed by atoms with Gasteiger partial charge in [-0.15, -0.1) is 0 Å². The number of rotatable bonds is 5. The molecule has 0 aromatic heterocycles. The van der Waals surface area contributed by atoms with Gasteiger partial charge in [-0.2, -0.15) is 0 Å². The second kappa shape index (κ2) is 6.12. The Bertz CT molecular complexity index is 365. The molecule has 2 aliphatic rings. The van der Waals surface area contributed by atoms with Crippen molar-refractivity contribution in [2.45, 2.75) is 52.5 Å². The Labute approximate surface area is 121 Å². The molecule has 1 saturated carbocycles. The van der Waals surface area contributed by atoms with Crippen LogP contribution in [-0.4, -0.2) is 42.5 Å². The molecule has 114 valence electrons. The molecule has 2 atom stereocenters. The first-order valence-corrected chi connectivity index (χ1v) is 7.71. The lowest BCUT2D eigenvalue weighted by atomic mass is 9.70. The molecule has 0 aromatic rings.